The monoisotopic (exact) mass is 270 g/mol. The average molecular weight is 270 g/mol. The van der Waals surface area contributed by atoms with Gasteiger partial charge in [-0.05, 0) is 43.0 Å². The molecule has 0 spiro atoms. The van der Waals surface area contributed by atoms with Crippen molar-refractivity contribution in [2.24, 2.45) is 5.92 Å². The van der Waals surface area contributed by atoms with E-state index in [1.165, 1.54) is 0 Å². The second-order valence-corrected chi connectivity index (χ2v) is 5.67. The third-order valence-electron chi connectivity index (χ3n) is 3.43. The summed E-state index contributed by atoms with van der Waals surface area (Å²) in [6, 6.07) is 7.86. The van der Waals surface area contributed by atoms with Gasteiger partial charge < -0.3 is 4.74 Å². The summed E-state index contributed by atoms with van der Waals surface area (Å²) >= 11 is 0. The first kappa shape index (κ1) is 14.1. The Hall–Kier alpha value is -2.28. The molecule has 0 saturated heterocycles. The summed E-state index contributed by atoms with van der Waals surface area (Å²) in [7, 11) is 0. The van der Waals surface area contributed by atoms with Crippen LogP contribution >= 0.6 is 0 Å². The highest BCUT2D eigenvalue weighted by Crippen LogP contribution is 2.37. The maximum atomic E-state index is 11.5. The zero-order valence-electron chi connectivity index (χ0n) is 12.2. The van der Waals surface area contributed by atoms with Crippen molar-refractivity contribution in [2.45, 2.75) is 33.3 Å². The average Bonchev–Trinajstić information content (AvgIpc) is 2.34. The lowest BCUT2D eigenvalue weighted by molar-refractivity contribution is 0.0420. The number of amides is 1. The van der Waals surface area contributed by atoms with Gasteiger partial charge in [0, 0.05) is 11.6 Å². The molecule has 4 nitrogen and oxygen atoms in total. The highest BCUT2D eigenvalue weighted by atomic mass is 16.6. The lowest BCUT2D eigenvalue weighted by atomic mass is 9.88. The van der Waals surface area contributed by atoms with E-state index in [9.17, 15) is 4.79 Å². The van der Waals surface area contributed by atoms with Crippen LogP contribution in [0.5, 0.6) is 0 Å². The van der Waals surface area contributed by atoms with Gasteiger partial charge in [0.15, 0.2) is 0 Å². The Morgan fingerprint density at radius 3 is 2.75 bits per heavy atom. The molecule has 0 fully saturated rings. The van der Waals surface area contributed by atoms with Gasteiger partial charge in [-0.3, -0.25) is 5.32 Å². The lowest BCUT2D eigenvalue weighted by Gasteiger charge is -2.33. The summed E-state index contributed by atoms with van der Waals surface area (Å²) in [5, 5.41) is 11.6. The van der Waals surface area contributed by atoms with Gasteiger partial charge in [0.1, 0.15) is 5.60 Å². The van der Waals surface area contributed by atoms with Crippen LogP contribution in [0.3, 0.4) is 0 Å². The van der Waals surface area contributed by atoms with E-state index in [0.717, 1.165) is 22.4 Å². The molecule has 0 aromatic heterocycles. The summed E-state index contributed by atoms with van der Waals surface area (Å²) in [6.45, 7) is 7.81. The number of nitrogens with zero attached hydrogens (tertiary/aromatic N) is 1. The van der Waals surface area contributed by atoms with Crippen molar-refractivity contribution >= 4 is 17.4 Å². The summed E-state index contributed by atoms with van der Waals surface area (Å²) < 4.78 is 5.32. The minimum atomic E-state index is -0.678. The highest BCUT2D eigenvalue weighted by Gasteiger charge is 2.33. The van der Waals surface area contributed by atoms with Crippen LogP contribution in [0, 0.1) is 17.2 Å². The Morgan fingerprint density at radius 1 is 1.45 bits per heavy atom. The number of nitriles is 1. The molecule has 104 valence electrons. The van der Waals surface area contributed by atoms with Crippen LogP contribution in [0.2, 0.25) is 0 Å². The van der Waals surface area contributed by atoms with Crippen molar-refractivity contribution in [1.82, 2.24) is 0 Å². The van der Waals surface area contributed by atoms with Crippen LogP contribution in [0.25, 0.3) is 5.57 Å². The van der Waals surface area contributed by atoms with E-state index in [-0.39, 0.29) is 5.92 Å². The zero-order chi connectivity index (χ0) is 14.9. The molecular formula is C16H18N2O2. The third kappa shape index (κ3) is 2.53. The predicted octanol–water partition coefficient (Wildman–Crippen LogP) is 4.05. The fourth-order valence-electron chi connectivity index (χ4n) is 2.41. The maximum Gasteiger partial charge on any atom is 0.412 e. The number of fused-ring (bicyclic) bond motifs is 1. The van der Waals surface area contributed by atoms with E-state index in [2.05, 4.69) is 11.4 Å². The molecule has 0 aliphatic carbocycles. The number of hydrogen-bond acceptors (Lipinski definition) is 3. The standard InChI is InChI=1S/C16H18N2O2/c1-10(2)12(7-8-17)11-5-6-14-13(9-11)16(3,4)20-15(19)18-14/h5-7,9-10H,1-4H3,(H,18,19). The molecule has 1 aromatic carbocycles. The fraction of sp³-hybridized carbons (Fsp3) is 0.375. The summed E-state index contributed by atoms with van der Waals surface area (Å²) in [6.07, 6.45) is 1.13. The molecule has 0 saturated carbocycles. The number of anilines is 1. The first-order valence-corrected chi connectivity index (χ1v) is 6.59. The third-order valence-corrected chi connectivity index (χ3v) is 3.43. The van der Waals surface area contributed by atoms with E-state index < -0.39 is 11.7 Å². The normalized spacial score (nSPS) is 17.0. The van der Waals surface area contributed by atoms with Crippen LogP contribution in [0.15, 0.2) is 24.3 Å². The second kappa shape index (κ2) is 5.01. The summed E-state index contributed by atoms with van der Waals surface area (Å²) in [5.74, 6) is 0.245. The summed E-state index contributed by atoms with van der Waals surface area (Å²) in [4.78, 5) is 11.5. The molecule has 0 unspecified atom stereocenters. The quantitative estimate of drug-likeness (QED) is 0.825. The molecule has 1 N–H and O–H groups in total. The second-order valence-electron chi connectivity index (χ2n) is 5.67. The van der Waals surface area contributed by atoms with E-state index >= 15 is 0 Å². The largest absolute Gasteiger partial charge is 0.438 e. The van der Waals surface area contributed by atoms with Crippen molar-refractivity contribution < 1.29 is 9.53 Å². The van der Waals surface area contributed by atoms with Gasteiger partial charge in [0.25, 0.3) is 0 Å². The highest BCUT2D eigenvalue weighted by molar-refractivity contribution is 5.89. The van der Waals surface area contributed by atoms with Crippen molar-refractivity contribution in [1.29, 1.82) is 5.26 Å². The Balaban J connectivity index is 2.55. The molecule has 2 rings (SSSR count). The zero-order valence-corrected chi connectivity index (χ0v) is 12.2. The van der Waals surface area contributed by atoms with Crippen LogP contribution in [-0.2, 0) is 10.3 Å². The molecule has 1 aliphatic rings. The van der Waals surface area contributed by atoms with Crippen LogP contribution < -0.4 is 5.32 Å². The molecule has 20 heavy (non-hydrogen) atoms. The fourth-order valence-corrected chi connectivity index (χ4v) is 2.41. The SMILES string of the molecule is CC(C)C(=CC#N)c1ccc2c(c1)C(C)(C)OC(=O)N2. The Labute approximate surface area is 119 Å². The lowest BCUT2D eigenvalue weighted by Crippen LogP contribution is -2.34. The minimum Gasteiger partial charge on any atom is -0.438 e. The number of ether oxygens (including phenoxy) is 1. The van der Waals surface area contributed by atoms with Gasteiger partial charge in [-0.1, -0.05) is 19.9 Å². The van der Waals surface area contributed by atoms with Crippen molar-refractivity contribution in [3.05, 3.63) is 35.4 Å². The number of hydrogen-bond donors (Lipinski definition) is 1. The number of allylic oxidation sites excluding steroid dienone is 2. The molecule has 0 bridgehead atoms. The number of benzene rings is 1. The molecule has 0 radical (unpaired) electrons. The predicted molar refractivity (Wildman–Crippen MR) is 78.0 cm³/mol. The molecule has 0 atom stereocenters. The molecule has 1 amide bonds. The minimum absolute atomic E-state index is 0.245. The number of carbonyl (C=O) groups excluding carboxylic acids is 1. The number of rotatable bonds is 2. The van der Waals surface area contributed by atoms with E-state index in [4.69, 9.17) is 10.00 Å². The Morgan fingerprint density at radius 2 is 2.15 bits per heavy atom. The van der Waals surface area contributed by atoms with E-state index in [1.807, 2.05) is 45.9 Å². The van der Waals surface area contributed by atoms with E-state index in [0.29, 0.717) is 0 Å². The van der Waals surface area contributed by atoms with Gasteiger partial charge in [-0.15, -0.1) is 0 Å². The molecule has 1 aromatic rings. The number of nitrogens with one attached hydrogen (secondary N) is 1. The van der Waals surface area contributed by atoms with E-state index in [1.54, 1.807) is 6.08 Å². The van der Waals surface area contributed by atoms with Gasteiger partial charge in [-0.2, -0.15) is 5.26 Å². The maximum absolute atomic E-state index is 11.5. The first-order valence-electron chi connectivity index (χ1n) is 6.59. The van der Waals surface area contributed by atoms with Crippen molar-refractivity contribution in [3.8, 4) is 6.07 Å². The Kier molecular flexibility index (Phi) is 3.54. The van der Waals surface area contributed by atoms with Gasteiger partial charge >= 0.3 is 6.09 Å². The van der Waals surface area contributed by atoms with Crippen LogP contribution in [0.1, 0.15) is 38.8 Å². The van der Waals surface area contributed by atoms with Gasteiger partial charge in [0.05, 0.1) is 11.8 Å². The topological polar surface area (TPSA) is 62.1 Å². The molecule has 1 aliphatic heterocycles. The number of carbonyl (C=O) groups is 1. The Bertz CT molecular complexity index is 622. The van der Waals surface area contributed by atoms with Crippen LogP contribution in [-0.4, -0.2) is 6.09 Å². The van der Waals surface area contributed by atoms with Crippen molar-refractivity contribution in [3.63, 3.8) is 0 Å². The number of cyclic esters (lactones) is 1. The first-order chi connectivity index (χ1) is 9.35. The smallest absolute Gasteiger partial charge is 0.412 e. The van der Waals surface area contributed by atoms with Gasteiger partial charge in [-0.25, -0.2) is 4.79 Å². The van der Waals surface area contributed by atoms with Crippen LogP contribution in [0.4, 0.5) is 10.5 Å². The molecular weight excluding hydrogens is 252 g/mol. The van der Waals surface area contributed by atoms with Crippen molar-refractivity contribution in [2.75, 3.05) is 5.32 Å². The molecule has 1 heterocycles. The summed E-state index contributed by atoms with van der Waals surface area (Å²) in [5.41, 5.74) is 2.95. The molecule has 4 heteroatoms. The van der Waals surface area contributed by atoms with Gasteiger partial charge in [0.2, 0.25) is 0 Å².